The quantitative estimate of drug-likeness (QED) is 0.689. The highest BCUT2D eigenvalue weighted by molar-refractivity contribution is 7.89. The molecule has 0 bridgehead atoms. The summed E-state index contributed by atoms with van der Waals surface area (Å²) in [6.45, 7) is 6.88. The Balaban J connectivity index is 3.06. The summed E-state index contributed by atoms with van der Waals surface area (Å²) in [6, 6.07) is 0. The fourth-order valence-corrected chi connectivity index (χ4v) is 3.28. The van der Waals surface area contributed by atoms with Crippen molar-refractivity contribution in [2.45, 2.75) is 44.9 Å². The average molecular weight is 219 g/mol. The first-order chi connectivity index (χ1) is 6.18. The fraction of sp³-hybridized carbons (Fsp3) is 0.889. The Morgan fingerprint density at radius 3 is 2.14 bits per heavy atom. The second-order valence-corrected chi connectivity index (χ2v) is 7.04. The number of hydrogen-bond donors (Lipinski definition) is 0. The summed E-state index contributed by atoms with van der Waals surface area (Å²) < 4.78 is 25.1. The van der Waals surface area contributed by atoms with E-state index in [4.69, 9.17) is 0 Å². The van der Waals surface area contributed by atoms with Crippen molar-refractivity contribution in [3.8, 4) is 0 Å². The minimum absolute atomic E-state index is 0.000718. The average Bonchev–Trinajstić information content (AvgIpc) is 2.24. The molecule has 0 unspecified atom stereocenters. The molecule has 0 N–H and O–H groups in total. The molecule has 0 radical (unpaired) electrons. The molecule has 0 saturated carbocycles. The molecule has 1 aliphatic heterocycles. The molecule has 1 fully saturated rings. The van der Waals surface area contributed by atoms with E-state index in [0.29, 0.717) is 6.42 Å². The number of nitrogens with zero attached hydrogens (tertiary/aromatic N) is 1. The van der Waals surface area contributed by atoms with Crippen molar-refractivity contribution >= 4 is 15.8 Å². The highest BCUT2D eigenvalue weighted by Gasteiger charge is 2.45. The minimum Gasteiger partial charge on any atom is -0.298 e. The van der Waals surface area contributed by atoms with Crippen LogP contribution in [-0.2, 0) is 14.8 Å². The molecular weight excluding hydrogens is 202 g/mol. The number of Topliss-reactive ketones (excluding diaryl/α,β-unsaturated/α-hetero) is 1. The third-order valence-corrected chi connectivity index (χ3v) is 4.96. The molecule has 1 aliphatic rings. The maximum absolute atomic E-state index is 11.9. The van der Waals surface area contributed by atoms with Crippen LogP contribution < -0.4 is 0 Å². The van der Waals surface area contributed by atoms with Gasteiger partial charge in [-0.1, -0.05) is 0 Å². The van der Waals surface area contributed by atoms with Gasteiger partial charge in [0.15, 0.2) is 0 Å². The monoisotopic (exact) mass is 219 g/mol. The van der Waals surface area contributed by atoms with Crippen molar-refractivity contribution in [3.05, 3.63) is 0 Å². The van der Waals surface area contributed by atoms with Crippen molar-refractivity contribution in [1.29, 1.82) is 0 Å². The predicted molar refractivity (Wildman–Crippen MR) is 54.5 cm³/mol. The van der Waals surface area contributed by atoms with Crippen LogP contribution in [0.25, 0.3) is 0 Å². The Labute approximate surface area is 85.3 Å². The molecule has 4 nitrogen and oxygen atoms in total. The van der Waals surface area contributed by atoms with Gasteiger partial charge in [-0.05, 0) is 27.7 Å². The standard InChI is InChI=1S/C9H17NO3S/c1-7(2)14(12,13)10-6-8(11)5-9(10,3)4/h7H,5-6H2,1-4H3. The highest BCUT2D eigenvalue weighted by Crippen LogP contribution is 2.30. The number of carbonyl (C=O) groups excluding carboxylic acids is 1. The van der Waals surface area contributed by atoms with Crippen LogP contribution >= 0.6 is 0 Å². The van der Waals surface area contributed by atoms with Crippen LogP contribution in [0.2, 0.25) is 0 Å². The molecule has 1 rings (SSSR count). The Morgan fingerprint density at radius 1 is 1.36 bits per heavy atom. The van der Waals surface area contributed by atoms with Crippen molar-refractivity contribution in [2.24, 2.45) is 0 Å². The lowest BCUT2D eigenvalue weighted by Gasteiger charge is -2.30. The molecule has 0 amide bonds. The van der Waals surface area contributed by atoms with Crippen molar-refractivity contribution in [2.75, 3.05) is 6.54 Å². The zero-order valence-electron chi connectivity index (χ0n) is 9.07. The predicted octanol–water partition coefficient (Wildman–Crippen LogP) is 0.778. The molecule has 0 aliphatic carbocycles. The van der Waals surface area contributed by atoms with E-state index in [-0.39, 0.29) is 12.3 Å². The Morgan fingerprint density at radius 2 is 1.86 bits per heavy atom. The number of sulfonamides is 1. The van der Waals surface area contributed by atoms with Crippen LogP contribution in [0, 0.1) is 0 Å². The molecule has 0 aromatic heterocycles. The Hall–Kier alpha value is -0.420. The molecule has 5 heteroatoms. The van der Waals surface area contributed by atoms with Gasteiger partial charge in [0.25, 0.3) is 0 Å². The zero-order chi connectivity index (χ0) is 11.1. The largest absolute Gasteiger partial charge is 0.298 e. The summed E-state index contributed by atoms with van der Waals surface area (Å²) in [7, 11) is -3.30. The maximum Gasteiger partial charge on any atom is 0.217 e. The number of carbonyl (C=O) groups is 1. The lowest BCUT2D eigenvalue weighted by Crippen LogP contribution is -2.45. The van der Waals surface area contributed by atoms with Crippen LogP contribution in [0.4, 0.5) is 0 Å². The first-order valence-electron chi connectivity index (χ1n) is 4.71. The van der Waals surface area contributed by atoms with Gasteiger partial charge in [0.2, 0.25) is 10.0 Å². The summed E-state index contributed by atoms with van der Waals surface area (Å²) >= 11 is 0. The second kappa shape index (κ2) is 3.31. The molecule has 1 saturated heterocycles. The first-order valence-corrected chi connectivity index (χ1v) is 6.21. The van der Waals surface area contributed by atoms with E-state index in [1.54, 1.807) is 27.7 Å². The van der Waals surface area contributed by atoms with Crippen molar-refractivity contribution in [3.63, 3.8) is 0 Å². The van der Waals surface area contributed by atoms with Gasteiger partial charge in [-0.2, -0.15) is 4.31 Å². The van der Waals surface area contributed by atoms with Gasteiger partial charge < -0.3 is 0 Å². The molecule has 14 heavy (non-hydrogen) atoms. The van der Waals surface area contributed by atoms with E-state index >= 15 is 0 Å². The smallest absolute Gasteiger partial charge is 0.217 e. The third kappa shape index (κ3) is 1.83. The number of rotatable bonds is 2. The number of ketones is 1. The van der Waals surface area contributed by atoms with E-state index in [2.05, 4.69) is 0 Å². The summed E-state index contributed by atoms with van der Waals surface area (Å²) in [5.41, 5.74) is -0.555. The summed E-state index contributed by atoms with van der Waals surface area (Å²) in [5.74, 6) is -0.000718. The second-order valence-electron chi connectivity index (χ2n) is 4.63. The molecule has 1 heterocycles. The van der Waals surface area contributed by atoms with E-state index in [0.717, 1.165) is 0 Å². The van der Waals surface area contributed by atoms with Crippen molar-refractivity contribution < 1.29 is 13.2 Å². The SMILES string of the molecule is CC(C)S(=O)(=O)N1CC(=O)CC1(C)C. The zero-order valence-corrected chi connectivity index (χ0v) is 9.89. The van der Waals surface area contributed by atoms with Crippen LogP contribution in [0.1, 0.15) is 34.1 Å². The molecule has 0 aromatic carbocycles. The lowest BCUT2D eigenvalue weighted by molar-refractivity contribution is -0.116. The van der Waals surface area contributed by atoms with Crippen LogP contribution in [0.5, 0.6) is 0 Å². The fourth-order valence-electron chi connectivity index (χ4n) is 1.69. The topological polar surface area (TPSA) is 54.5 Å². The van der Waals surface area contributed by atoms with E-state index in [1.807, 2.05) is 0 Å². The van der Waals surface area contributed by atoms with Crippen LogP contribution in [-0.4, -0.2) is 35.8 Å². The van der Waals surface area contributed by atoms with Gasteiger partial charge in [0.1, 0.15) is 5.78 Å². The first kappa shape index (κ1) is 11.7. The van der Waals surface area contributed by atoms with Gasteiger partial charge in [-0.15, -0.1) is 0 Å². The molecule has 0 spiro atoms. The summed E-state index contributed by atoms with van der Waals surface area (Å²) in [4.78, 5) is 11.2. The Bertz CT molecular complexity index is 343. The number of hydrogen-bond acceptors (Lipinski definition) is 3. The third-order valence-electron chi connectivity index (χ3n) is 2.53. The lowest BCUT2D eigenvalue weighted by atomic mass is 10.0. The summed E-state index contributed by atoms with van der Waals surface area (Å²) in [6.07, 6.45) is 0.318. The van der Waals surface area contributed by atoms with Gasteiger partial charge in [-0.3, -0.25) is 4.79 Å². The van der Waals surface area contributed by atoms with Crippen LogP contribution in [0.15, 0.2) is 0 Å². The molecule has 0 atom stereocenters. The van der Waals surface area contributed by atoms with E-state index in [9.17, 15) is 13.2 Å². The van der Waals surface area contributed by atoms with Crippen LogP contribution in [0.3, 0.4) is 0 Å². The molecule has 82 valence electrons. The molecule has 0 aromatic rings. The Kier molecular flexibility index (Phi) is 2.75. The van der Waals surface area contributed by atoms with E-state index in [1.165, 1.54) is 4.31 Å². The van der Waals surface area contributed by atoms with Gasteiger partial charge in [0, 0.05) is 12.0 Å². The van der Waals surface area contributed by atoms with Crippen molar-refractivity contribution in [1.82, 2.24) is 4.31 Å². The molecular formula is C9H17NO3S. The van der Waals surface area contributed by atoms with Gasteiger partial charge >= 0.3 is 0 Å². The minimum atomic E-state index is -3.30. The normalized spacial score (nSPS) is 23.4. The highest BCUT2D eigenvalue weighted by atomic mass is 32.2. The van der Waals surface area contributed by atoms with Gasteiger partial charge in [-0.25, -0.2) is 8.42 Å². The maximum atomic E-state index is 11.9. The summed E-state index contributed by atoms with van der Waals surface area (Å²) in [5, 5.41) is -0.465. The van der Waals surface area contributed by atoms with E-state index < -0.39 is 20.8 Å². The van der Waals surface area contributed by atoms with Gasteiger partial charge in [0.05, 0.1) is 11.8 Å².